The van der Waals surface area contributed by atoms with Crippen molar-refractivity contribution in [3.05, 3.63) is 35.1 Å². The second-order valence-corrected chi connectivity index (χ2v) is 5.09. The second kappa shape index (κ2) is 4.96. The lowest BCUT2D eigenvalue weighted by atomic mass is 9.89. The van der Waals surface area contributed by atoms with Gasteiger partial charge in [-0.25, -0.2) is 4.39 Å². The Morgan fingerprint density at radius 1 is 1.31 bits per heavy atom. The fourth-order valence-corrected chi connectivity index (χ4v) is 2.50. The molecule has 0 aliphatic carbocycles. The van der Waals surface area contributed by atoms with E-state index < -0.39 is 0 Å². The molecule has 0 saturated carbocycles. The maximum Gasteiger partial charge on any atom is 0.123 e. The largest absolute Gasteiger partial charge is 0.314 e. The molecule has 1 aromatic rings. The third-order valence-corrected chi connectivity index (χ3v) is 3.39. The number of hydrogen-bond acceptors (Lipinski definition) is 1. The average Bonchev–Trinajstić information content (AvgIpc) is 2.20. The molecule has 16 heavy (non-hydrogen) atoms. The minimum Gasteiger partial charge on any atom is -0.314 e. The lowest BCUT2D eigenvalue weighted by Gasteiger charge is -2.27. The molecule has 0 bridgehead atoms. The van der Waals surface area contributed by atoms with Gasteiger partial charge in [-0.15, -0.1) is 0 Å². The van der Waals surface area contributed by atoms with Crippen molar-refractivity contribution in [2.45, 2.75) is 39.2 Å². The quantitative estimate of drug-likeness (QED) is 0.809. The summed E-state index contributed by atoms with van der Waals surface area (Å²) in [6.45, 7) is 5.24. The molecular formula is C14H20FN. The third kappa shape index (κ3) is 3.05. The van der Waals surface area contributed by atoms with Crippen molar-refractivity contribution < 1.29 is 4.39 Å². The van der Waals surface area contributed by atoms with E-state index in [1.54, 1.807) is 12.1 Å². The van der Waals surface area contributed by atoms with Crippen molar-refractivity contribution in [1.82, 2.24) is 5.32 Å². The Hall–Kier alpha value is -0.890. The van der Waals surface area contributed by atoms with E-state index >= 15 is 0 Å². The van der Waals surface area contributed by atoms with Crippen LogP contribution in [0, 0.1) is 18.7 Å². The van der Waals surface area contributed by atoms with Crippen LogP contribution in [0.15, 0.2) is 18.2 Å². The number of aryl methyl sites for hydroxylation is 1. The monoisotopic (exact) mass is 221 g/mol. The SMILES string of the molecule is Cc1cc(F)cc(CC2CCC(C)NC2)c1. The predicted molar refractivity (Wildman–Crippen MR) is 65.0 cm³/mol. The van der Waals surface area contributed by atoms with Crippen molar-refractivity contribution in [3.63, 3.8) is 0 Å². The first-order chi connectivity index (χ1) is 7.63. The molecule has 1 saturated heterocycles. The van der Waals surface area contributed by atoms with Crippen molar-refractivity contribution in [3.8, 4) is 0 Å². The topological polar surface area (TPSA) is 12.0 Å². The Balaban J connectivity index is 1.98. The van der Waals surface area contributed by atoms with Gasteiger partial charge in [0.2, 0.25) is 0 Å². The van der Waals surface area contributed by atoms with Crippen molar-refractivity contribution in [1.29, 1.82) is 0 Å². The minimum atomic E-state index is -0.105. The van der Waals surface area contributed by atoms with Gasteiger partial charge in [0, 0.05) is 6.04 Å². The van der Waals surface area contributed by atoms with Gasteiger partial charge in [-0.05, 0) is 68.8 Å². The third-order valence-electron chi connectivity index (χ3n) is 3.39. The van der Waals surface area contributed by atoms with Crippen LogP contribution in [0.3, 0.4) is 0 Å². The highest BCUT2D eigenvalue weighted by Crippen LogP contribution is 2.20. The lowest BCUT2D eigenvalue weighted by molar-refractivity contribution is 0.322. The van der Waals surface area contributed by atoms with Crippen LogP contribution in [0.25, 0.3) is 0 Å². The molecule has 1 heterocycles. The van der Waals surface area contributed by atoms with Crippen LogP contribution in [-0.2, 0) is 6.42 Å². The van der Waals surface area contributed by atoms with Gasteiger partial charge in [0.15, 0.2) is 0 Å². The van der Waals surface area contributed by atoms with Gasteiger partial charge in [0.05, 0.1) is 0 Å². The maximum atomic E-state index is 13.2. The summed E-state index contributed by atoms with van der Waals surface area (Å²) >= 11 is 0. The zero-order valence-electron chi connectivity index (χ0n) is 10.1. The van der Waals surface area contributed by atoms with E-state index in [2.05, 4.69) is 18.3 Å². The summed E-state index contributed by atoms with van der Waals surface area (Å²) in [4.78, 5) is 0. The van der Waals surface area contributed by atoms with Crippen LogP contribution in [0.1, 0.15) is 30.9 Å². The first kappa shape index (κ1) is 11.6. The molecule has 2 atom stereocenters. The number of hydrogen-bond donors (Lipinski definition) is 1. The molecule has 88 valence electrons. The summed E-state index contributed by atoms with van der Waals surface area (Å²) in [5.74, 6) is 0.560. The first-order valence-electron chi connectivity index (χ1n) is 6.13. The number of halogens is 1. The number of nitrogens with one attached hydrogen (secondary N) is 1. The highest BCUT2D eigenvalue weighted by molar-refractivity contribution is 5.24. The smallest absolute Gasteiger partial charge is 0.123 e. The summed E-state index contributed by atoms with van der Waals surface area (Å²) in [6.07, 6.45) is 3.49. The minimum absolute atomic E-state index is 0.105. The Morgan fingerprint density at radius 2 is 2.12 bits per heavy atom. The van der Waals surface area contributed by atoms with Gasteiger partial charge in [-0.3, -0.25) is 0 Å². The van der Waals surface area contributed by atoms with Crippen LogP contribution < -0.4 is 5.32 Å². The van der Waals surface area contributed by atoms with Crippen LogP contribution in [0.5, 0.6) is 0 Å². The van der Waals surface area contributed by atoms with Crippen LogP contribution in [0.2, 0.25) is 0 Å². The number of piperidine rings is 1. The standard InChI is InChI=1S/C14H20FN/c1-10-5-13(8-14(15)6-10)7-12-4-3-11(2)16-9-12/h5-6,8,11-12,16H,3-4,7,9H2,1-2H3. The summed E-state index contributed by atoms with van der Waals surface area (Å²) < 4.78 is 13.2. The molecule has 0 amide bonds. The molecule has 1 N–H and O–H groups in total. The van der Waals surface area contributed by atoms with Gasteiger partial charge < -0.3 is 5.32 Å². The van der Waals surface area contributed by atoms with E-state index in [-0.39, 0.29) is 5.82 Å². The molecule has 0 aromatic heterocycles. The van der Waals surface area contributed by atoms with E-state index in [0.717, 1.165) is 24.1 Å². The van der Waals surface area contributed by atoms with E-state index in [1.165, 1.54) is 12.8 Å². The Morgan fingerprint density at radius 3 is 2.75 bits per heavy atom. The fraction of sp³-hybridized carbons (Fsp3) is 0.571. The van der Waals surface area contributed by atoms with Crippen LogP contribution in [-0.4, -0.2) is 12.6 Å². The number of rotatable bonds is 2. The summed E-state index contributed by atoms with van der Waals surface area (Å²) in [5, 5.41) is 3.49. The Labute approximate surface area is 97.1 Å². The summed E-state index contributed by atoms with van der Waals surface area (Å²) in [5.41, 5.74) is 2.16. The van der Waals surface area contributed by atoms with Gasteiger partial charge in [-0.1, -0.05) is 6.07 Å². The van der Waals surface area contributed by atoms with E-state index in [0.29, 0.717) is 12.0 Å². The zero-order chi connectivity index (χ0) is 11.5. The number of benzene rings is 1. The van der Waals surface area contributed by atoms with Gasteiger partial charge in [0.25, 0.3) is 0 Å². The lowest BCUT2D eigenvalue weighted by Crippen LogP contribution is -2.37. The first-order valence-corrected chi connectivity index (χ1v) is 6.13. The van der Waals surface area contributed by atoms with E-state index in [4.69, 9.17) is 0 Å². The van der Waals surface area contributed by atoms with Gasteiger partial charge >= 0.3 is 0 Å². The molecular weight excluding hydrogens is 201 g/mol. The molecule has 2 rings (SSSR count). The van der Waals surface area contributed by atoms with E-state index in [1.807, 2.05) is 6.92 Å². The molecule has 1 aliphatic rings. The molecule has 2 unspecified atom stereocenters. The fourth-order valence-electron chi connectivity index (χ4n) is 2.50. The average molecular weight is 221 g/mol. The molecule has 2 heteroatoms. The molecule has 1 aromatic carbocycles. The predicted octanol–water partition coefficient (Wildman–Crippen LogP) is 3.06. The molecule has 0 radical (unpaired) electrons. The summed E-state index contributed by atoms with van der Waals surface area (Å²) in [7, 11) is 0. The maximum absolute atomic E-state index is 13.2. The summed E-state index contributed by atoms with van der Waals surface area (Å²) in [6, 6.07) is 6.00. The highest BCUT2D eigenvalue weighted by Gasteiger charge is 2.17. The van der Waals surface area contributed by atoms with Crippen molar-refractivity contribution >= 4 is 0 Å². The van der Waals surface area contributed by atoms with Crippen molar-refractivity contribution in [2.24, 2.45) is 5.92 Å². The molecule has 1 aliphatic heterocycles. The Bertz CT molecular complexity index is 334. The van der Waals surface area contributed by atoms with Crippen molar-refractivity contribution in [2.75, 3.05) is 6.54 Å². The molecule has 0 spiro atoms. The normalized spacial score (nSPS) is 25.7. The Kier molecular flexibility index (Phi) is 3.59. The van der Waals surface area contributed by atoms with Gasteiger partial charge in [-0.2, -0.15) is 0 Å². The molecule has 1 nitrogen and oxygen atoms in total. The van der Waals surface area contributed by atoms with Crippen LogP contribution >= 0.6 is 0 Å². The zero-order valence-corrected chi connectivity index (χ0v) is 10.1. The van der Waals surface area contributed by atoms with E-state index in [9.17, 15) is 4.39 Å². The molecule has 1 fully saturated rings. The van der Waals surface area contributed by atoms with Gasteiger partial charge in [0.1, 0.15) is 5.82 Å². The second-order valence-electron chi connectivity index (χ2n) is 5.09. The van der Waals surface area contributed by atoms with Crippen LogP contribution in [0.4, 0.5) is 4.39 Å². The highest BCUT2D eigenvalue weighted by atomic mass is 19.1.